The summed E-state index contributed by atoms with van der Waals surface area (Å²) < 4.78 is 12.8. The van der Waals surface area contributed by atoms with Crippen molar-refractivity contribution in [1.29, 1.82) is 0 Å². The first kappa shape index (κ1) is 24.8. The Labute approximate surface area is 206 Å². The van der Waals surface area contributed by atoms with Crippen LogP contribution in [0.1, 0.15) is 115 Å². The summed E-state index contributed by atoms with van der Waals surface area (Å²) in [6.45, 7) is 13.4. The van der Waals surface area contributed by atoms with Crippen molar-refractivity contribution in [2.24, 2.45) is 0 Å². The second-order valence-electron chi connectivity index (χ2n) is 12.4. The van der Waals surface area contributed by atoms with Crippen LogP contribution < -0.4 is 0 Å². The van der Waals surface area contributed by atoms with Gasteiger partial charge in [0.1, 0.15) is 11.2 Å². The summed E-state index contributed by atoms with van der Waals surface area (Å²) in [4.78, 5) is 13.6. The largest absolute Gasteiger partial charge is 0.510 e. The molecule has 0 unspecified atom stereocenters. The molecule has 34 heavy (non-hydrogen) atoms. The van der Waals surface area contributed by atoms with Gasteiger partial charge in [-0.25, -0.2) is 4.79 Å². The Hall–Kier alpha value is -2.29. The van der Waals surface area contributed by atoms with Gasteiger partial charge in [-0.3, -0.25) is 0 Å². The van der Waals surface area contributed by atoms with Gasteiger partial charge in [-0.2, -0.15) is 0 Å². The van der Waals surface area contributed by atoms with E-state index < -0.39 is 17.4 Å². The van der Waals surface area contributed by atoms with Crippen LogP contribution in [0, 0.1) is 0 Å². The Morgan fingerprint density at radius 2 is 0.941 bits per heavy atom. The van der Waals surface area contributed by atoms with E-state index in [9.17, 15) is 4.79 Å². The van der Waals surface area contributed by atoms with Crippen LogP contribution in [-0.4, -0.2) is 6.16 Å². The first-order valence-corrected chi connectivity index (χ1v) is 13.1. The number of carbonyl (C=O) groups excluding carboxylic acids is 1. The van der Waals surface area contributed by atoms with Gasteiger partial charge in [-0.1, -0.05) is 90.1 Å². The van der Waals surface area contributed by atoms with Gasteiger partial charge >= 0.3 is 6.16 Å². The van der Waals surface area contributed by atoms with E-state index in [1.165, 1.54) is 11.1 Å². The fourth-order valence-electron chi connectivity index (χ4n) is 6.15. The summed E-state index contributed by atoms with van der Waals surface area (Å²) in [5, 5.41) is 0. The Bertz CT molecular complexity index is 928. The molecule has 2 aliphatic carbocycles. The summed E-state index contributed by atoms with van der Waals surface area (Å²) in [7, 11) is 0. The lowest BCUT2D eigenvalue weighted by molar-refractivity contribution is -0.0845. The fourth-order valence-corrected chi connectivity index (χ4v) is 6.15. The molecular weight excluding hydrogens is 420 g/mol. The van der Waals surface area contributed by atoms with Gasteiger partial charge in [-0.15, -0.1) is 0 Å². The molecule has 0 heterocycles. The number of benzene rings is 2. The quantitative estimate of drug-likeness (QED) is 0.426. The molecular formula is C31H42O3. The third-order valence-electron chi connectivity index (χ3n) is 7.83. The highest BCUT2D eigenvalue weighted by Crippen LogP contribution is 2.49. The van der Waals surface area contributed by atoms with Crippen LogP contribution in [0.2, 0.25) is 0 Å². The molecule has 3 heteroatoms. The minimum absolute atomic E-state index is 0.0300. The molecule has 0 aliphatic heterocycles. The maximum absolute atomic E-state index is 13.6. The lowest BCUT2D eigenvalue weighted by Gasteiger charge is -2.38. The molecule has 2 saturated carbocycles. The van der Waals surface area contributed by atoms with Crippen LogP contribution in [0.25, 0.3) is 0 Å². The maximum Gasteiger partial charge on any atom is 0.510 e. The zero-order chi connectivity index (χ0) is 24.6. The molecule has 0 N–H and O–H groups in total. The predicted molar refractivity (Wildman–Crippen MR) is 138 cm³/mol. The van der Waals surface area contributed by atoms with E-state index in [2.05, 4.69) is 90.1 Å². The third kappa shape index (κ3) is 4.76. The van der Waals surface area contributed by atoms with Gasteiger partial charge in [0, 0.05) is 0 Å². The van der Waals surface area contributed by atoms with Crippen molar-refractivity contribution in [2.75, 3.05) is 0 Å². The smallest absolute Gasteiger partial charge is 0.423 e. The van der Waals surface area contributed by atoms with Crippen molar-refractivity contribution in [3.05, 3.63) is 70.8 Å². The number of hydrogen-bond donors (Lipinski definition) is 0. The minimum Gasteiger partial charge on any atom is -0.423 e. The Kier molecular flexibility index (Phi) is 6.61. The molecule has 2 aliphatic rings. The van der Waals surface area contributed by atoms with E-state index >= 15 is 0 Å². The molecule has 0 aromatic heterocycles. The average molecular weight is 463 g/mol. The van der Waals surface area contributed by atoms with Crippen LogP contribution in [0.4, 0.5) is 4.79 Å². The highest BCUT2D eigenvalue weighted by atomic mass is 16.7. The molecule has 0 amide bonds. The molecule has 2 fully saturated rings. The van der Waals surface area contributed by atoms with Gasteiger partial charge in [0.2, 0.25) is 0 Å². The highest BCUT2D eigenvalue weighted by molar-refractivity contribution is 5.63. The Balaban J connectivity index is 1.67. The predicted octanol–water partition coefficient (Wildman–Crippen LogP) is 8.67. The molecule has 0 saturated heterocycles. The van der Waals surface area contributed by atoms with E-state index in [0.29, 0.717) is 0 Å². The molecule has 4 rings (SSSR count). The first-order chi connectivity index (χ1) is 16.0. The Morgan fingerprint density at radius 1 is 0.618 bits per heavy atom. The molecule has 2 aromatic carbocycles. The standard InChI is InChI=1S/C31H42O3/c1-28(2,3)23-15-7-9-17-25(23)30(19-11-12-20-30)33-27(32)34-31(21-13-14-22-31)26-18-10-8-16-24(26)29(4,5)6/h7-10,15-18H,11-14,19-22H2,1-6H3. The zero-order valence-electron chi connectivity index (χ0n) is 22.0. The maximum atomic E-state index is 13.6. The van der Waals surface area contributed by atoms with Crippen LogP contribution in [-0.2, 0) is 31.5 Å². The van der Waals surface area contributed by atoms with E-state index in [1.54, 1.807) is 0 Å². The lowest BCUT2D eigenvalue weighted by Crippen LogP contribution is -2.37. The number of ether oxygens (including phenoxy) is 2. The molecule has 184 valence electrons. The van der Waals surface area contributed by atoms with Crippen molar-refractivity contribution in [2.45, 2.75) is 115 Å². The molecule has 2 aromatic rings. The topological polar surface area (TPSA) is 35.5 Å². The minimum atomic E-state index is -0.607. The summed E-state index contributed by atoms with van der Waals surface area (Å²) in [5.41, 5.74) is 3.51. The summed E-state index contributed by atoms with van der Waals surface area (Å²) in [6, 6.07) is 17.0. The summed E-state index contributed by atoms with van der Waals surface area (Å²) in [6.07, 6.45) is 7.11. The monoisotopic (exact) mass is 462 g/mol. The Morgan fingerprint density at radius 3 is 1.26 bits per heavy atom. The van der Waals surface area contributed by atoms with Crippen LogP contribution >= 0.6 is 0 Å². The molecule has 0 spiro atoms. The van der Waals surface area contributed by atoms with Crippen molar-refractivity contribution in [3.8, 4) is 0 Å². The van der Waals surface area contributed by atoms with Crippen molar-refractivity contribution in [1.82, 2.24) is 0 Å². The normalized spacial score (nSPS) is 19.7. The van der Waals surface area contributed by atoms with E-state index in [4.69, 9.17) is 9.47 Å². The van der Waals surface area contributed by atoms with E-state index in [-0.39, 0.29) is 10.8 Å². The summed E-state index contributed by atoms with van der Waals surface area (Å²) in [5.74, 6) is 0. The van der Waals surface area contributed by atoms with Crippen molar-refractivity contribution >= 4 is 6.16 Å². The fraction of sp³-hybridized carbons (Fsp3) is 0.581. The number of carbonyl (C=O) groups is 1. The number of rotatable bonds is 4. The molecule has 3 nitrogen and oxygen atoms in total. The van der Waals surface area contributed by atoms with E-state index in [1.807, 2.05) is 0 Å². The van der Waals surface area contributed by atoms with Gasteiger partial charge in [0.05, 0.1) is 0 Å². The van der Waals surface area contributed by atoms with Crippen LogP contribution in [0.5, 0.6) is 0 Å². The van der Waals surface area contributed by atoms with Gasteiger partial charge < -0.3 is 9.47 Å². The SMILES string of the molecule is CC(C)(C)c1ccccc1C1(OC(=O)OC2(c3ccccc3C(C)(C)C)CCCC2)CCCC1. The third-order valence-corrected chi connectivity index (χ3v) is 7.83. The van der Waals surface area contributed by atoms with Gasteiger partial charge in [0.15, 0.2) is 0 Å². The lowest BCUT2D eigenvalue weighted by atomic mass is 9.77. The van der Waals surface area contributed by atoms with Crippen molar-refractivity contribution in [3.63, 3.8) is 0 Å². The summed E-state index contributed by atoms with van der Waals surface area (Å²) >= 11 is 0. The molecule has 0 radical (unpaired) electrons. The van der Waals surface area contributed by atoms with Crippen molar-refractivity contribution < 1.29 is 14.3 Å². The van der Waals surface area contributed by atoms with Crippen LogP contribution in [0.3, 0.4) is 0 Å². The van der Waals surface area contributed by atoms with E-state index in [0.717, 1.165) is 62.5 Å². The molecule has 0 bridgehead atoms. The number of hydrogen-bond acceptors (Lipinski definition) is 3. The highest BCUT2D eigenvalue weighted by Gasteiger charge is 2.47. The van der Waals surface area contributed by atoms with Gasteiger partial charge in [-0.05, 0) is 84.5 Å². The molecule has 0 atom stereocenters. The van der Waals surface area contributed by atoms with Crippen LogP contribution in [0.15, 0.2) is 48.5 Å². The second kappa shape index (κ2) is 9.06. The zero-order valence-corrected chi connectivity index (χ0v) is 22.0. The second-order valence-corrected chi connectivity index (χ2v) is 12.4. The average Bonchev–Trinajstić information content (AvgIpc) is 3.44. The van der Waals surface area contributed by atoms with Gasteiger partial charge in [0.25, 0.3) is 0 Å². The first-order valence-electron chi connectivity index (χ1n) is 13.1.